The topological polar surface area (TPSA) is 54.3 Å². The maximum atomic E-state index is 7.61. The lowest BCUT2D eigenvalue weighted by molar-refractivity contribution is -0.0118. The molecule has 0 saturated carbocycles. The number of allylic oxidation sites excluding steroid dienone is 1. The third-order valence-electron chi connectivity index (χ3n) is 4.96. The summed E-state index contributed by atoms with van der Waals surface area (Å²) in [6, 6.07) is 8.40. The van der Waals surface area contributed by atoms with Crippen LogP contribution in [0.3, 0.4) is 0 Å². The van der Waals surface area contributed by atoms with E-state index < -0.39 is 0 Å². The van der Waals surface area contributed by atoms with Crippen LogP contribution in [0.1, 0.15) is 53.5 Å². The van der Waals surface area contributed by atoms with E-state index in [1.165, 1.54) is 6.21 Å². The summed E-state index contributed by atoms with van der Waals surface area (Å²) >= 11 is 0. The van der Waals surface area contributed by atoms with Gasteiger partial charge in [0.05, 0.1) is 11.2 Å². The average Bonchev–Trinajstić information content (AvgIpc) is 2.79. The van der Waals surface area contributed by atoms with Crippen LogP contribution in [-0.2, 0) is 9.31 Å². The maximum absolute atomic E-state index is 7.61. The summed E-state index contributed by atoms with van der Waals surface area (Å²) < 4.78 is 12.4. The molecule has 130 valence electrons. The monoisotopic (exact) mass is 328 g/mol. The maximum Gasteiger partial charge on any atom is 0.494 e. The predicted octanol–water partition coefficient (Wildman–Crippen LogP) is 3.36. The molecule has 24 heavy (non-hydrogen) atoms. The molecule has 1 aromatic carbocycles. The molecule has 1 atom stereocenters. The van der Waals surface area contributed by atoms with Crippen molar-refractivity contribution >= 4 is 24.4 Å². The second-order valence-corrected chi connectivity index (χ2v) is 7.35. The van der Waals surface area contributed by atoms with Gasteiger partial charge in [-0.1, -0.05) is 31.2 Å². The van der Waals surface area contributed by atoms with E-state index in [1.807, 2.05) is 30.5 Å². The summed E-state index contributed by atoms with van der Waals surface area (Å²) in [5, 5.41) is 10.8. The Morgan fingerprint density at radius 2 is 1.83 bits per heavy atom. The van der Waals surface area contributed by atoms with Gasteiger partial charge in [-0.15, -0.1) is 0 Å². The third-order valence-corrected chi connectivity index (χ3v) is 4.96. The predicted molar refractivity (Wildman–Crippen MR) is 102 cm³/mol. The Labute approximate surface area is 146 Å². The van der Waals surface area contributed by atoms with Crippen LogP contribution in [-0.4, -0.2) is 30.6 Å². The van der Waals surface area contributed by atoms with Crippen molar-refractivity contribution in [1.82, 2.24) is 5.32 Å². The first-order valence-electron chi connectivity index (χ1n) is 8.65. The van der Waals surface area contributed by atoms with Crippen LogP contribution >= 0.6 is 0 Å². The molecular weight excluding hydrogens is 299 g/mol. The molecule has 1 aliphatic heterocycles. The van der Waals surface area contributed by atoms with E-state index in [0.717, 1.165) is 23.0 Å². The zero-order valence-electron chi connectivity index (χ0n) is 15.6. The second kappa shape index (κ2) is 7.12. The average molecular weight is 328 g/mol. The highest BCUT2D eigenvalue weighted by molar-refractivity contribution is 6.62. The number of rotatable bonds is 6. The number of benzene rings is 1. The zero-order valence-corrected chi connectivity index (χ0v) is 15.6. The largest absolute Gasteiger partial charge is 0.494 e. The molecule has 1 aliphatic rings. The van der Waals surface area contributed by atoms with Gasteiger partial charge in [0.1, 0.15) is 0 Å². The molecule has 0 aromatic heterocycles. The first-order chi connectivity index (χ1) is 11.2. The molecular formula is C19H29BN2O2. The number of hydrogen-bond donors (Lipinski definition) is 2. The van der Waals surface area contributed by atoms with E-state index in [1.54, 1.807) is 0 Å². The number of hydrogen-bond acceptors (Lipinski definition) is 4. The quantitative estimate of drug-likeness (QED) is 0.622. The molecule has 5 heteroatoms. The Hall–Kier alpha value is -1.59. The van der Waals surface area contributed by atoms with Crippen molar-refractivity contribution < 1.29 is 9.31 Å². The van der Waals surface area contributed by atoms with E-state index >= 15 is 0 Å². The van der Waals surface area contributed by atoms with Gasteiger partial charge < -0.3 is 20.0 Å². The van der Waals surface area contributed by atoms with Gasteiger partial charge in [-0.2, -0.15) is 0 Å². The van der Waals surface area contributed by atoms with Crippen LogP contribution in [0.4, 0.5) is 0 Å². The van der Waals surface area contributed by atoms with Gasteiger partial charge >= 0.3 is 7.12 Å². The van der Waals surface area contributed by atoms with Crippen LogP contribution in [0.15, 0.2) is 30.5 Å². The van der Waals surface area contributed by atoms with E-state index in [0.29, 0.717) is 6.04 Å². The molecule has 1 heterocycles. The van der Waals surface area contributed by atoms with Gasteiger partial charge in [0.25, 0.3) is 0 Å². The molecule has 1 saturated heterocycles. The third kappa shape index (κ3) is 3.73. The minimum Gasteiger partial charge on any atom is -0.399 e. The Kier molecular flexibility index (Phi) is 5.56. The van der Waals surface area contributed by atoms with Gasteiger partial charge in [-0.25, -0.2) is 0 Å². The van der Waals surface area contributed by atoms with Crippen LogP contribution in [0.2, 0.25) is 0 Å². The first kappa shape index (κ1) is 18.7. The van der Waals surface area contributed by atoms with Gasteiger partial charge in [-0.3, -0.25) is 0 Å². The van der Waals surface area contributed by atoms with Crippen molar-refractivity contribution in [2.75, 3.05) is 0 Å². The lowest BCUT2D eigenvalue weighted by Crippen LogP contribution is -2.44. The summed E-state index contributed by atoms with van der Waals surface area (Å²) in [6.45, 7) is 12.5. The van der Waals surface area contributed by atoms with Gasteiger partial charge in [0, 0.05) is 24.0 Å². The summed E-state index contributed by atoms with van der Waals surface area (Å²) in [4.78, 5) is 0. The normalized spacial score (nSPS) is 23.6. The zero-order chi connectivity index (χ0) is 18.0. The fourth-order valence-electron chi connectivity index (χ4n) is 2.74. The minimum atomic E-state index is -0.347. The van der Waals surface area contributed by atoms with Crippen LogP contribution in [0.5, 0.6) is 0 Å². The molecule has 4 nitrogen and oxygen atoms in total. The lowest BCUT2D eigenvalue weighted by Gasteiger charge is -2.35. The highest BCUT2D eigenvalue weighted by Crippen LogP contribution is 2.39. The molecule has 1 fully saturated rings. The molecule has 0 amide bonds. The highest BCUT2D eigenvalue weighted by Gasteiger charge is 2.53. The molecule has 2 N–H and O–H groups in total. The summed E-state index contributed by atoms with van der Waals surface area (Å²) in [5.74, 6) is 0. The van der Waals surface area contributed by atoms with Gasteiger partial charge in [0.15, 0.2) is 0 Å². The molecule has 0 radical (unpaired) electrons. The minimum absolute atomic E-state index is 0.294. The van der Waals surface area contributed by atoms with Crippen molar-refractivity contribution in [3.63, 3.8) is 0 Å². The SMILES string of the molecule is CCC1(C)OB(c2ccc(/C(C=N)=C/NC(C)C)cc2)OC1(C)C. The van der Waals surface area contributed by atoms with Crippen LogP contribution in [0, 0.1) is 5.41 Å². The Morgan fingerprint density at radius 1 is 1.21 bits per heavy atom. The second-order valence-electron chi connectivity index (χ2n) is 7.35. The Bertz CT molecular complexity index is 610. The molecule has 1 unspecified atom stereocenters. The van der Waals surface area contributed by atoms with Gasteiger partial charge in [-0.05, 0) is 52.1 Å². The molecule has 0 bridgehead atoms. The lowest BCUT2D eigenvalue weighted by atomic mass is 9.78. The summed E-state index contributed by atoms with van der Waals surface area (Å²) in [6.07, 6.45) is 4.15. The fourth-order valence-corrected chi connectivity index (χ4v) is 2.74. The summed E-state index contributed by atoms with van der Waals surface area (Å²) in [7, 11) is -0.347. The van der Waals surface area contributed by atoms with E-state index in [9.17, 15) is 0 Å². The molecule has 1 aromatic rings. The molecule has 0 spiro atoms. The fraction of sp³-hybridized carbons (Fsp3) is 0.526. The van der Waals surface area contributed by atoms with Crippen molar-refractivity contribution in [1.29, 1.82) is 5.41 Å². The Balaban J connectivity index is 2.18. The van der Waals surface area contributed by atoms with Crippen molar-refractivity contribution in [2.24, 2.45) is 0 Å². The van der Waals surface area contributed by atoms with Crippen LogP contribution in [0.25, 0.3) is 5.57 Å². The van der Waals surface area contributed by atoms with E-state index in [-0.39, 0.29) is 18.3 Å². The van der Waals surface area contributed by atoms with Crippen LogP contribution < -0.4 is 10.8 Å². The van der Waals surface area contributed by atoms with Crippen molar-refractivity contribution in [2.45, 2.75) is 65.2 Å². The van der Waals surface area contributed by atoms with Crippen molar-refractivity contribution in [3.8, 4) is 0 Å². The summed E-state index contributed by atoms with van der Waals surface area (Å²) in [5.41, 5.74) is 2.23. The molecule has 0 aliphatic carbocycles. The van der Waals surface area contributed by atoms with E-state index in [2.05, 4.69) is 46.9 Å². The Morgan fingerprint density at radius 3 is 2.29 bits per heavy atom. The highest BCUT2D eigenvalue weighted by atomic mass is 16.7. The van der Waals surface area contributed by atoms with E-state index in [4.69, 9.17) is 14.7 Å². The smallest absolute Gasteiger partial charge is 0.399 e. The van der Waals surface area contributed by atoms with Crippen molar-refractivity contribution in [3.05, 3.63) is 36.0 Å². The van der Waals surface area contributed by atoms with Gasteiger partial charge in [0.2, 0.25) is 0 Å². The number of nitrogens with one attached hydrogen (secondary N) is 2. The first-order valence-corrected chi connectivity index (χ1v) is 8.65. The standard InChI is InChI=1S/C19H29BN2O2/c1-7-19(6)18(4,5)23-20(24-19)17-10-8-15(9-11-17)16(12-21)13-22-14(2)3/h8-14,21-22H,7H2,1-6H3/b16-13+,21-12?. The molecule has 2 rings (SSSR count).